The Morgan fingerprint density at radius 1 is 1.44 bits per heavy atom. The van der Waals surface area contributed by atoms with E-state index in [4.69, 9.17) is 5.90 Å². The number of nitrogens with zero attached hydrogens (tertiary/aromatic N) is 1. The van der Waals surface area contributed by atoms with Crippen molar-refractivity contribution >= 4 is 10.9 Å². The van der Waals surface area contributed by atoms with Gasteiger partial charge in [-0.25, -0.2) is 5.90 Å². The van der Waals surface area contributed by atoms with Gasteiger partial charge in [-0.2, -0.15) is 0 Å². The summed E-state index contributed by atoms with van der Waals surface area (Å²) in [6, 6.07) is 5.82. The van der Waals surface area contributed by atoms with E-state index in [9.17, 15) is 5.11 Å². The van der Waals surface area contributed by atoms with Gasteiger partial charge in [0.1, 0.15) is 5.75 Å². The smallest absolute Gasteiger partial charge is 0.125 e. The minimum atomic E-state index is 0.268. The summed E-state index contributed by atoms with van der Waals surface area (Å²) in [5.41, 5.74) is 1.91. The molecule has 0 bridgehead atoms. The largest absolute Gasteiger partial charge is 0.507 e. The third-order valence-electron chi connectivity index (χ3n) is 2.71. The van der Waals surface area contributed by atoms with Crippen LogP contribution in [0.1, 0.15) is 25.5 Å². The summed E-state index contributed by atoms with van der Waals surface area (Å²) in [6.45, 7) is 4.49. The van der Waals surface area contributed by atoms with Gasteiger partial charge in [0.15, 0.2) is 0 Å². The number of phenols is 1. The van der Waals surface area contributed by atoms with E-state index in [0.29, 0.717) is 12.6 Å². The molecular weight excluding hydrogens is 204 g/mol. The number of aromatic nitrogens is 1. The van der Waals surface area contributed by atoms with E-state index in [-0.39, 0.29) is 5.75 Å². The predicted molar refractivity (Wildman–Crippen MR) is 63.0 cm³/mol. The average Bonchev–Trinajstić information content (AvgIpc) is 2.59. The number of aromatic hydroxyl groups is 1. The fourth-order valence-corrected chi connectivity index (χ4v) is 2.00. The number of benzene rings is 1. The molecule has 0 aliphatic carbocycles. The van der Waals surface area contributed by atoms with E-state index in [1.165, 1.54) is 0 Å². The molecule has 0 amide bonds. The Kier molecular flexibility index (Phi) is 2.85. The minimum Gasteiger partial charge on any atom is -0.507 e. The van der Waals surface area contributed by atoms with Crippen LogP contribution >= 0.6 is 0 Å². The summed E-state index contributed by atoms with van der Waals surface area (Å²) in [6.07, 6.45) is 1.97. The molecule has 0 fully saturated rings. The number of rotatable bonds is 3. The molecule has 4 heteroatoms. The van der Waals surface area contributed by atoms with Gasteiger partial charge in [0, 0.05) is 23.2 Å². The number of fused-ring (bicyclic) bond motifs is 1. The maximum atomic E-state index is 9.86. The van der Waals surface area contributed by atoms with Crippen LogP contribution < -0.4 is 5.90 Å². The SMILES string of the molecule is CC(C)n1cc(CON)c2c(O)cccc21. The van der Waals surface area contributed by atoms with Crippen LogP contribution in [0.3, 0.4) is 0 Å². The number of phenolic OH excluding ortho intramolecular Hbond substituents is 1. The first-order chi connectivity index (χ1) is 7.65. The molecule has 1 aromatic heterocycles. The Bertz CT molecular complexity index is 503. The molecule has 2 rings (SSSR count). The van der Waals surface area contributed by atoms with Crippen molar-refractivity contribution in [2.45, 2.75) is 26.5 Å². The predicted octanol–water partition coefficient (Wildman–Crippen LogP) is 2.32. The molecule has 0 radical (unpaired) electrons. The van der Waals surface area contributed by atoms with Crippen molar-refractivity contribution in [2.24, 2.45) is 5.90 Å². The molecule has 0 aliphatic rings. The van der Waals surface area contributed by atoms with Crippen molar-refractivity contribution in [1.82, 2.24) is 4.57 Å². The van der Waals surface area contributed by atoms with Crippen molar-refractivity contribution in [3.05, 3.63) is 30.0 Å². The normalized spacial score (nSPS) is 11.5. The van der Waals surface area contributed by atoms with E-state index in [1.807, 2.05) is 18.3 Å². The Hall–Kier alpha value is -1.52. The van der Waals surface area contributed by atoms with Crippen LogP contribution in [-0.2, 0) is 11.4 Å². The first kappa shape index (κ1) is 11.0. The van der Waals surface area contributed by atoms with Gasteiger partial charge in [-0.1, -0.05) is 6.07 Å². The molecule has 0 aliphatic heterocycles. The van der Waals surface area contributed by atoms with Crippen LogP contribution in [0.4, 0.5) is 0 Å². The standard InChI is InChI=1S/C12H16N2O2/c1-8(2)14-6-9(7-16-13)12-10(14)4-3-5-11(12)15/h3-6,8,15H,7,13H2,1-2H3. The first-order valence-corrected chi connectivity index (χ1v) is 5.28. The molecule has 86 valence electrons. The van der Waals surface area contributed by atoms with Crippen molar-refractivity contribution in [3.63, 3.8) is 0 Å². The van der Waals surface area contributed by atoms with Gasteiger partial charge in [0.25, 0.3) is 0 Å². The van der Waals surface area contributed by atoms with Gasteiger partial charge in [-0.05, 0) is 26.0 Å². The number of hydrogen-bond acceptors (Lipinski definition) is 3. The van der Waals surface area contributed by atoms with E-state index in [2.05, 4.69) is 23.3 Å². The average molecular weight is 220 g/mol. The fourth-order valence-electron chi connectivity index (χ4n) is 2.00. The van der Waals surface area contributed by atoms with Crippen LogP contribution in [0.2, 0.25) is 0 Å². The van der Waals surface area contributed by atoms with E-state index in [1.54, 1.807) is 6.07 Å². The van der Waals surface area contributed by atoms with Crippen LogP contribution in [0, 0.1) is 0 Å². The Labute approximate surface area is 94.2 Å². The van der Waals surface area contributed by atoms with Crippen molar-refractivity contribution in [3.8, 4) is 5.75 Å². The first-order valence-electron chi connectivity index (χ1n) is 5.28. The van der Waals surface area contributed by atoms with Crippen molar-refractivity contribution in [1.29, 1.82) is 0 Å². The molecule has 2 aromatic rings. The Morgan fingerprint density at radius 2 is 2.19 bits per heavy atom. The third kappa shape index (κ3) is 1.66. The molecular formula is C12H16N2O2. The zero-order valence-corrected chi connectivity index (χ0v) is 9.47. The second-order valence-electron chi connectivity index (χ2n) is 4.14. The molecule has 0 saturated heterocycles. The van der Waals surface area contributed by atoms with Gasteiger partial charge in [-0.15, -0.1) is 0 Å². The lowest BCUT2D eigenvalue weighted by atomic mass is 10.1. The summed E-state index contributed by atoms with van der Waals surface area (Å²) < 4.78 is 2.10. The fraction of sp³-hybridized carbons (Fsp3) is 0.333. The van der Waals surface area contributed by atoms with Crippen molar-refractivity contribution in [2.75, 3.05) is 0 Å². The van der Waals surface area contributed by atoms with Gasteiger partial charge < -0.3 is 9.67 Å². The Balaban J connectivity index is 2.71. The van der Waals surface area contributed by atoms with E-state index in [0.717, 1.165) is 16.5 Å². The number of hydrogen-bond donors (Lipinski definition) is 2. The summed E-state index contributed by atoms with van der Waals surface area (Å²) in [4.78, 5) is 4.66. The maximum Gasteiger partial charge on any atom is 0.125 e. The van der Waals surface area contributed by atoms with Crippen LogP contribution in [0.15, 0.2) is 24.4 Å². The molecule has 0 unspecified atom stereocenters. The van der Waals surface area contributed by atoms with Gasteiger partial charge in [0.2, 0.25) is 0 Å². The van der Waals surface area contributed by atoms with Crippen LogP contribution in [0.5, 0.6) is 5.75 Å². The van der Waals surface area contributed by atoms with Gasteiger partial charge in [-0.3, -0.25) is 4.84 Å². The number of nitrogens with two attached hydrogens (primary N) is 1. The van der Waals surface area contributed by atoms with Gasteiger partial charge >= 0.3 is 0 Å². The maximum absolute atomic E-state index is 9.86. The summed E-state index contributed by atoms with van der Waals surface area (Å²) >= 11 is 0. The zero-order valence-electron chi connectivity index (χ0n) is 9.47. The highest BCUT2D eigenvalue weighted by atomic mass is 16.6. The highest BCUT2D eigenvalue weighted by Crippen LogP contribution is 2.31. The monoisotopic (exact) mass is 220 g/mol. The molecule has 3 N–H and O–H groups in total. The molecule has 1 heterocycles. The second-order valence-corrected chi connectivity index (χ2v) is 4.14. The van der Waals surface area contributed by atoms with Crippen LogP contribution in [0.25, 0.3) is 10.9 Å². The highest BCUT2D eigenvalue weighted by molar-refractivity contribution is 5.89. The minimum absolute atomic E-state index is 0.268. The highest BCUT2D eigenvalue weighted by Gasteiger charge is 2.13. The topological polar surface area (TPSA) is 60.4 Å². The van der Waals surface area contributed by atoms with Crippen molar-refractivity contribution < 1.29 is 9.94 Å². The lowest BCUT2D eigenvalue weighted by Crippen LogP contribution is -1.99. The quantitative estimate of drug-likeness (QED) is 0.780. The third-order valence-corrected chi connectivity index (χ3v) is 2.71. The lowest BCUT2D eigenvalue weighted by molar-refractivity contribution is 0.124. The zero-order chi connectivity index (χ0) is 11.7. The molecule has 0 atom stereocenters. The summed E-state index contributed by atoms with van der Waals surface area (Å²) in [7, 11) is 0. The molecule has 0 saturated carbocycles. The molecule has 0 spiro atoms. The lowest BCUT2D eigenvalue weighted by Gasteiger charge is -2.08. The molecule has 4 nitrogen and oxygen atoms in total. The summed E-state index contributed by atoms with van der Waals surface area (Å²) in [5, 5.41) is 10.7. The van der Waals surface area contributed by atoms with Gasteiger partial charge in [0.05, 0.1) is 12.1 Å². The van der Waals surface area contributed by atoms with E-state index >= 15 is 0 Å². The van der Waals surface area contributed by atoms with Crippen LogP contribution in [-0.4, -0.2) is 9.67 Å². The summed E-state index contributed by atoms with van der Waals surface area (Å²) in [5.74, 6) is 5.36. The second kappa shape index (κ2) is 4.15. The Morgan fingerprint density at radius 3 is 2.81 bits per heavy atom. The molecule has 16 heavy (non-hydrogen) atoms. The molecule has 1 aromatic carbocycles. The van der Waals surface area contributed by atoms with E-state index < -0.39 is 0 Å².